The molecule has 1 fully saturated rings. The number of carbonyl (C=O) groups excluding carboxylic acids is 2. The molecule has 1 aromatic carbocycles. The van der Waals surface area contributed by atoms with Gasteiger partial charge in [-0.3, -0.25) is 0 Å². The van der Waals surface area contributed by atoms with E-state index in [1.807, 2.05) is 26.8 Å². The molecule has 1 heterocycles. The SMILES string of the molecule is COC(=O)c1ccc(O[C@H]2CCN(C(=O)OC(C)(C)C)C2)cc1C#N. The van der Waals surface area contributed by atoms with Crippen molar-refractivity contribution < 1.29 is 23.8 Å². The van der Waals surface area contributed by atoms with Crippen LogP contribution in [-0.2, 0) is 9.47 Å². The molecule has 25 heavy (non-hydrogen) atoms. The van der Waals surface area contributed by atoms with Crippen LogP contribution >= 0.6 is 0 Å². The summed E-state index contributed by atoms with van der Waals surface area (Å²) in [6.07, 6.45) is 0.111. The van der Waals surface area contributed by atoms with Gasteiger partial charge in [-0.2, -0.15) is 5.26 Å². The smallest absolute Gasteiger partial charge is 0.410 e. The molecule has 1 aromatic rings. The minimum absolute atomic E-state index is 0.186. The van der Waals surface area contributed by atoms with E-state index in [2.05, 4.69) is 4.74 Å². The van der Waals surface area contributed by atoms with Crippen molar-refractivity contribution in [3.05, 3.63) is 29.3 Å². The second kappa shape index (κ2) is 7.43. The summed E-state index contributed by atoms with van der Waals surface area (Å²) < 4.78 is 15.8. The van der Waals surface area contributed by atoms with E-state index in [0.717, 1.165) is 0 Å². The second-order valence-electron chi connectivity index (χ2n) is 6.77. The van der Waals surface area contributed by atoms with Crippen molar-refractivity contribution >= 4 is 12.1 Å². The maximum atomic E-state index is 12.1. The maximum Gasteiger partial charge on any atom is 0.410 e. The van der Waals surface area contributed by atoms with Gasteiger partial charge in [0.05, 0.1) is 24.8 Å². The first-order chi connectivity index (χ1) is 11.7. The summed E-state index contributed by atoms with van der Waals surface area (Å²) in [5.41, 5.74) is -0.160. The summed E-state index contributed by atoms with van der Waals surface area (Å²) in [5.74, 6) is -0.0969. The van der Waals surface area contributed by atoms with E-state index in [0.29, 0.717) is 25.3 Å². The predicted molar refractivity (Wildman–Crippen MR) is 89.3 cm³/mol. The third-order valence-electron chi connectivity index (χ3n) is 3.62. The number of esters is 1. The first-order valence-corrected chi connectivity index (χ1v) is 8.00. The Labute approximate surface area is 147 Å². The molecule has 1 saturated heterocycles. The number of likely N-dealkylation sites (tertiary alicyclic amines) is 1. The monoisotopic (exact) mass is 346 g/mol. The highest BCUT2D eigenvalue weighted by Gasteiger charge is 2.31. The van der Waals surface area contributed by atoms with Gasteiger partial charge < -0.3 is 19.1 Å². The molecule has 7 nitrogen and oxygen atoms in total. The zero-order valence-electron chi connectivity index (χ0n) is 14.9. The van der Waals surface area contributed by atoms with Crippen molar-refractivity contribution in [3.63, 3.8) is 0 Å². The molecule has 0 aliphatic carbocycles. The molecule has 1 atom stereocenters. The number of nitriles is 1. The van der Waals surface area contributed by atoms with Crippen molar-refractivity contribution in [2.45, 2.75) is 38.9 Å². The Kier molecular flexibility index (Phi) is 5.52. The molecule has 0 N–H and O–H groups in total. The highest BCUT2D eigenvalue weighted by Crippen LogP contribution is 2.23. The van der Waals surface area contributed by atoms with Crippen LogP contribution in [0.2, 0.25) is 0 Å². The highest BCUT2D eigenvalue weighted by atomic mass is 16.6. The van der Waals surface area contributed by atoms with E-state index in [4.69, 9.17) is 9.47 Å². The molecule has 0 radical (unpaired) electrons. The molecule has 0 saturated carbocycles. The van der Waals surface area contributed by atoms with Crippen LogP contribution in [0.25, 0.3) is 0 Å². The number of methoxy groups -OCH3 is 1. The normalized spacial score (nSPS) is 16.9. The molecule has 1 aliphatic heterocycles. The molecule has 134 valence electrons. The van der Waals surface area contributed by atoms with E-state index >= 15 is 0 Å². The molecule has 0 spiro atoms. The van der Waals surface area contributed by atoms with E-state index in [1.54, 1.807) is 11.0 Å². The number of rotatable bonds is 3. The summed E-state index contributed by atoms with van der Waals surface area (Å²) in [5, 5.41) is 9.19. The fourth-order valence-electron chi connectivity index (χ4n) is 2.49. The lowest BCUT2D eigenvalue weighted by molar-refractivity contribution is 0.0275. The van der Waals surface area contributed by atoms with Gasteiger partial charge in [-0.05, 0) is 39.0 Å². The number of amides is 1. The van der Waals surface area contributed by atoms with Crippen LogP contribution in [0.15, 0.2) is 18.2 Å². The molecule has 7 heteroatoms. The van der Waals surface area contributed by atoms with Crippen molar-refractivity contribution in [2.24, 2.45) is 0 Å². The largest absolute Gasteiger partial charge is 0.488 e. The third-order valence-corrected chi connectivity index (χ3v) is 3.62. The van der Waals surface area contributed by atoms with Gasteiger partial charge in [-0.25, -0.2) is 9.59 Å². The van der Waals surface area contributed by atoms with Gasteiger partial charge in [0.15, 0.2) is 0 Å². The van der Waals surface area contributed by atoms with Crippen LogP contribution in [0.5, 0.6) is 5.75 Å². The van der Waals surface area contributed by atoms with Crippen LogP contribution in [0.4, 0.5) is 4.79 Å². The molecular weight excluding hydrogens is 324 g/mol. The summed E-state index contributed by atoms with van der Waals surface area (Å²) in [4.78, 5) is 25.3. The van der Waals surface area contributed by atoms with Gasteiger partial charge in [0.1, 0.15) is 23.5 Å². The Hall–Kier alpha value is -2.75. The average Bonchev–Trinajstić information content (AvgIpc) is 3.01. The quantitative estimate of drug-likeness (QED) is 0.782. The van der Waals surface area contributed by atoms with Gasteiger partial charge in [-0.15, -0.1) is 0 Å². The van der Waals surface area contributed by atoms with Crippen molar-refractivity contribution in [1.82, 2.24) is 4.90 Å². The molecule has 1 aliphatic rings. The summed E-state index contributed by atoms with van der Waals surface area (Å²) >= 11 is 0. The lowest BCUT2D eigenvalue weighted by Gasteiger charge is -2.24. The Balaban J connectivity index is 2.01. The molecule has 2 rings (SSSR count). The lowest BCUT2D eigenvalue weighted by Crippen LogP contribution is -2.36. The fourth-order valence-corrected chi connectivity index (χ4v) is 2.49. The second-order valence-corrected chi connectivity index (χ2v) is 6.77. The van der Waals surface area contributed by atoms with Gasteiger partial charge in [-0.1, -0.05) is 0 Å². The Morgan fingerprint density at radius 1 is 1.32 bits per heavy atom. The Morgan fingerprint density at radius 2 is 2.04 bits per heavy atom. The molecular formula is C18H22N2O5. The highest BCUT2D eigenvalue weighted by molar-refractivity contribution is 5.92. The average molecular weight is 346 g/mol. The van der Waals surface area contributed by atoms with Gasteiger partial charge >= 0.3 is 12.1 Å². The third kappa shape index (κ3) is 4.86. The number of benzene rings is 1. The topological polar surface area (TPSA) is 88.9 Å². The molecule has 0 bridgehead atoms. The minimum atomic E-state index is -0.569. The zero-order chi connectivity index (χ0) is 18.6. The molecule has 1 amide bonds. The predicted octanol–water partition coefficient (Wildman–Crippen LogP) is 2.73. The van der Waals surface area contributed by atoms with Crippen molar-refractivity contribution in [2.75, 3.05) is 20.2 Å². The van der Waals surface area contributed by atoms with Gasteiger partial charge in [0.2, 0.25) is 0 Å². The fraction of sp³-hybridized carbons (Fsp3) is 0.500. The Morgan fingerprint density at radius 3 is 2.64 bits per heavy atom. The number of hydrogen-bond acceptors (Lipinski definition) is 6. The van der Waals surface area contributed by atoms with E-state index < -0.39 is 11.6 Å². The zero-order valence-corrected chi connectivity index (χ0v) is 14.9. The van der Waals surface area contributed by atoms with Crippen LogP contribution in [-0.4, -0.2) is 48.9 Å². The number of hydrogen-bond donors (Lipinski definition) is 0. The van der Waals surface area contributed by atoms with E-state index in [9.17, 15) is 14.9 Å². The standard InChI is InChI=1S/C18H22N2O5/c1-18(2,3)25-17(22)20-8-7-14(11-20)24-13-5-6-15(16(21)23-4)12(9-13)10-19/h5-6,9,14H,7-8,11H2,1-4H3/t14-/m0/s1. The Bertz CT molecular complexity index is 702. The van der Waals surface area contributed by atoms with Crippen LogP contribution in [0.3, 0.4) is 0 Å². The molecule has 0 aromatic heterocycles. The van der Waals surface area contributed by atoms with Gasteiger partial charge in [0, 0.05) is 13.0 Å². The first-order valence-electron chi connectivity index (χ1n) is 8.00. The summed E-state index contributed by atoms with van der Waals surface area (Å²) in [7, 11) is 1.26. The van der Waals surface area contributed by atoms with Crippen LogP contribution in [0.1, 0.15) is 43.1 Å². The minimum Gasteiger partial charge on any atom is -0.488 e. The van der Waals surface area contributed by atoms with Crippen LogP contribution < -0.4 is 4.74 Å². The van der Waals surface area contributed by atoms with Crippen molar-refractivity contribution in [1.29, 1.82) is 5.26 Å². The number of ether oxygens (including phenoxy) is 3. The summed E-state index contributed by atoms with van der Waals surface area (Å²) in [6, 6.07) is 6.58. The van der Waals surface area contributed by atoms with Gasteiger partial charge in [0.25, 0.3) is 0 Å². The number of carbonyl (C=O) groups is 2. The van der Waals surface area contributed by atoms with E-state index in [-0.39, 0.29) is 23.3 Å². The first kappa shape index (κ1) is 18.6. The van der Waals surface area contributed by atoms with Crippen LogP contribution in [0, 0.1) is 11.3 Å². The number of nitrogens with zero attached hydrogens (tertiary/aromatic N) is 2. The summed E-state index contributed by atoms with van der Waals surface area (Å²) in [6.45, 7) is 6.42. The van der Waals surface area contributed by atoms with E-state index in [1.165, 1.54) is 19.2 Å². The van der Waals surface area contributed by atoms with Crippen molar-refractivity contribution in [3.8, 4) is 11.8 Å². The molecule has 0 unspecified atom stereocenters. The maximum absolute atomic E-state index is 12.1. The lowest BCUT2D eigenvalue weighted by atomic mass is 10.1.